The number of hydrazone groups is 1. The van der Waals surface area contributed by atoms with Crippen molar-refractivity contribution in [3.8, 4) is 5.75 Å². The third-order valence-electron chi connectivity index (χ3n) is 3.13. The van der Waals surface area contributed by atoms with Gasteiger partial charge in [0.2, 0.25) is 5.91 Å². The second-order valence-electron chi connectivity index (χ2n) is 5.06. The van der Waals surface area contributed by atoms with Crippen LogP contribution in [0, 0.1) is 0 Å². The van der Waals surface area contributed by atoms with Crippen molar-refractivity contribution >= 4 is 34.8 Å². The zero-order valence-corrected chi connectivity index (χ0v) is 13.9. The van der Waals surface area contributed by atoms with Crippen LogP contribution in [0.15, 0.2) is 47.6 Å². The molecule has 0 aliphatic heterocycles. The van der Waals surface area contributed by atoms with Crippen molar-refractivity contribution in [1.29, 1.82) is 0 Å². The van der Waals surface area contributed by atoms with E-state index in [4.69, 9.17) is 11.6 Å². The minimum absolute atomic E-state index is 0.0334. The molecule has 0 aromatic heterocycles. The number of benzene rings is 2. The summed E-state index contributed by atoms with van der Waals surface area (Å²) in [4.78, 5) is 23.2. The number of phenolic OH excluding ortho intramolecular Hbond substituents is 1. The van der Waals surface area contributed by atoms with E-state index in [0.717, 1.165) is 5.56 Å². The van der Waals surface area contributed by atoms with Gasteiger partial charge in [-0.15, -0.1) is 0 Å². The zero-order valence-electron chi connectivity index (χ0n) is 13.1. The van der Waals surface area contributed by atoms with Crippen molar-refractivity contribution in [2.45, 2.75) is 13.8 Å². The Balaban J connectivity index is 2.15. The Morgan fingerprint density at radius 3 is 2.58 bits per heavy atom. The first-order valence-corrected chi connectivity index (χ1v) is 7.46. The number of aromatic hydroxyl groups is 1. The van der Waals surface area contributed by atoms with E-state index in [2.05, 4.69) is 15.8 Å². The van der Waals surface area contributed by atoms with Crippen LogP contribution in [0.2, 0.25) is 5.02 Å². The van der Waals surface area contributed by atoms with E-state index < -0.39 is 5.91 Å². The van der Waals surface area contributed by atoms with Gasteiger partial charge in [-0.3, -0.25) is 9.59 Å². The molecule has 2 aromatic rings. The summed E-state index contributed by atoms with van der Waals surface area (Å²) in [5, 5.41) is 16.7. The number of carbonyl (C=O) groups excluding carboxylic acids is 2. The molecule has 0 radical (unpaired) electrons. The fourth-order valence-electron chi connectivity index (χ4n) is 1.97. The van der Waals surface area contributed by atoms with Gasteiger partial charge in [-0.1, -0.05) is 23.7 Å². The number of hydrogen-bond acceptors (Lipinski definition) is 4. The number of nitrogens with zero attached hydrogens (tertiary/aromatic N) is 1. The van der Waals surface area contributed by atoms with Crippen molar-refractivity contribution in [2.24, 2.45) is 5.10 Å². The molecule has 2 rings (SSSR count). The average Bonchev–Trinajstić information content (AvgIpc) is 2.54. The predicted molar refractivity (Wildman–Crippen MR) is 93.5 cm³/mol. The van der Waals surface area contributed by atoms with E-state index in [1.807, 2.05) is 0 Å². The van der Waals surface area contributed by atoms with Crippen LogP contribution in [0.25, 0.3) is 0 Å². The van der Waals surface area contributed by atoms with Gasteiger partial charge < -0.3 is 10.4 Å². The summed E-state index contributed by atoms with van der Waals surface area (Å²) in [6, 6.07) is 11.2. The van der Waals surface area contributed by atoms with Gasteiger partial charge in [0.1, 0.15) is 5.75 Å². The van der Waals surface area contributed by atoms with Gasteiger partial charge in [-0.05, 0) is 42.8 Å². The van der Waals surface area contributed by atoms with Crippen LogP contribution < -0.4 is 10.7 Å². The molecule has 0 saturated carbocycles. The Labute approximate surface area is 144 Å². The van der Waals surface area contributed by atoms with E-state index in [1.165, 1.54) is 25.1 Å². The molecule has 124 valence electrons. The first-order valence-electron chi connectivity index (χ1n) is 7.08. The number of rotatable bonds is 4. The molecule has 0 atom stereocenters. The van der Waals surface area contributed by atoms with Crippen molar-refractivity contribution in [3.05, 3.63) is 58.6 Å². The van der Waals surface area contributed by atoms with Crippen molar-refractivity contribution < 1.29 is 14.7 Å². The van der Waals surface area contributed by atoms with Crippen molar-refractivity contribution in [1.82, 2.24) is 5.43 Å². The SMILES string of the molecule is CC(=O)Nc1cccc(/C(C)=N\NC(=O)c2cc(Cl)ccc2O)c1. The highest BCUT2D eigenvalue weighted by Gasteiger charge is 2.11. The molecule has 2 aromatic carbocycles. The Morgan fingerprint density at radius 1 is 1.12 bits per heavy atom. The van der Waals surface area contributed by atoms with Gasteiger partial charge in [-0.25, -0.2) is 5.43 Å². The van der Waals surface area contributed by atoms with Gasteiger partial charge in [0.15, 0.2) is 0 Å². The first-order chi connectivity index (χ1) is 11.4. The van der Waals surface area contributed by atoms with Crippen LogP contribution in [0.3, 0.4) is 0 Å². The number of halogens is 1. The van der Waals surface area contributed by atoms with E-state index in [9.17, 15) is 14.7 Å². The van der Waals surface area contributed by atoms with Crippen LogP contribution in [-0.4, -0.2) is 22.6 Å². The summed E-state index contributed by atoms with van der Waals surface area (Å²) < 4.78 is 0. The normalized spacial score (nSPS) is 11.0. The van der Waals surface area contributed by atoms with E-state index in [1.54, 1.807) is 31.2 Å². The van der Waals surface area contributed by atoms with Crippen LogP contribution in [0.4, 0.5) is 5.69 Å². The van der Waals surface area contributed by atoms with Gasteiger partial charge >= 0.3 is 0 Å². The van der Waals surface area contributed by atoms with Gasteiger partial charge in [0, 0.05) is 17.6 Å². The highest BCUT2D eigenvalue weighted by atomic mass is 35.5. The lowest BCUT2D eigenvalue weighted by Crippen LogP contribution is -2.19. The largest absolute Gasteiger partial charge is 0.507 e. The van der Waals surface area contributed by atoms with Crippen molar-refractivity contribution in [3.63, 3.8) is 0 Å². The lowest BCUT2D eigenvalue weighted by atomic mass is 10.1. The maximum atomic E-state index is 12.1. The molecular weight excluding hydrogens is 330 g/mol. The maximum Gasteiger partial charge on any atom is 0.275 e. The van der Waals surface area contributed by atoms with E-state index in [-0.39, 0.29) is 17.2 Å². The summed E-state index contributed by atoms with van der Waals surface area (Å²) in [5.41, 5.74) is 4.31. The summed E-state index contributed by atoms with van der Waals surface area (Å²) >= 11 is 5.82. The monoisotopic (exact) mass is 345 g/mol. The molecule has 0 aliphatic rings. The van der Waals surface area contributed by atoms with Crippen molar-refractivity contribution in [2.75, 3.05) is 5.32 Å². The van der Waals surface area contributed by atoms with Gasteiger partial charge in [-0.2, -0.15) is 5.10 Å². The molecule has 0 heterocycles. The molecule has 0 unspecified atom stereocenters. The quantitative estimate of drug-likeness (QED) is 0.587. The summed E-state index contributed by atoms with van der Waals surface area (Å²) in [6.45, 7) is 3.14. The third kappa shape index (κ3) is 4.57. The Morgan fingerprint density at radius 2 is 1.88 bits per heavy atom. The number of amides is 2. The highest BCUT2D eigenvalue weighted by molar-refractivity contribution is 6.31. The Bertz CT molecular complexity index is 818. The second kappa shape index (κ2) is 7.61. The molecular formula is C17H16ClN3O3. The predicted octanol–water partition coefficient (Wildman–Crippen LogP) is 3.16. The smallest absolute Gasteiger partial charge is 0.275 e. The first kappa shape index (κ1) is 17.5. The summed E-state index contributed by atoms with van der Waals surface area (Å²) in [7, 11) is 0. The highest BCUT2D eigenvalue weighted by Crippen LogP contribution is 2.21. The minimum atomic E-state index is -0.577. The molecule has 0 fully saturated rings. The number of nitrogens with one attached hydrogen (secondary N) is 2. The molecule has 3 N–H and O–H groups in total. The van der Waals surface area contributed by atoms with Crippen LogP contribution in [0.1, 0.15) is 29.8 Å². The lowest BCUT2D eigenvalue weighted by Gasteiger charge is -2.07. The third-order valence-corrected chi connectivity index (χ3v) is 3.36. The lowest BCUT2D eigenvalue weighted by molar-refractivity contribution is -0.114. The summed E-state index contributed by atoms with van der Waals surface area (Å²) in [5.74, 6) is -0.934. The minimum Gasteiger partial charge on any atom is -0.507 e. The molecule has 24 heavy (non-hydrogen) atoms. The van der Waals surface area contributed by atoms with Crippen LogP contribution >= 0.6 is 11.6 Å². The molecule has 7 heteroatoms. The fourth-order valence-corrected chi connectivity index (χ4v) is 2.15. The summed E-state index contributed by atoms with van der Waals surface area (Å²) in [6.07, 6.45) is 0. The standard InChI is InChI=1S/C17H16ClN3O3/c1-10(12-4-3-5-14(8-12)19-11(2)22)20-21-17(24)15-9-13(18)6-7-16(15)23/h3-9,23H,1-2H3,(H,19,22)(H,21,24)/b20-10-. The molecule has 2 amide bonds. The zero-order chi connectivity index (χ0) is 17.7. The van der Waals surface area contributed by atoms with Gasteiger partial charge in [0.05, 0.1) is 11.3 Å². The number of hydrogen-bond donors (Lipinski definition) is 3. The number of phenols is 1. The van der Waals surface area contributed by atoms with Crippen LogP contribution in [0.5, 0.6) is 5.75 Å². The molecule has 6 nitrogen and oxygen atoms in total. The average molecular weight is 346 g/mol. The molecule has 0 aliphatic carbocycles. The Kier molecular flexibility index (Phi) is 5.55. The van der Waals surface area contributed by atoms with E-state index in [0.29, 0.717) is 16.4 Å². The van der Waals surface area contributed by atoms with E-state index >= 15 is 0 Å². The topological polar surface area (TPSA) is 90.8 Å². The number of anilines is 1. The molecule has 0 saturated heterocycles. The van der Waals surface area contributed by atoms with Crippen LogP contribution in [-0.2, 0) is 4.79 Å². The fraction of sp³-hybridized carbons (Fsp3) is 0.118. The second-order valence-corrected chi connectivity index (χ2v) is 5.50. The maximum absolute atomic E-state index is 12.1. The molecule has 0 bridgehead atoms. The number of carbonyl (C=O) groups is 2. The molecule has 0 spiro atoms. The Hall–Kier alpha value is -2.86. The van der Waals surface area contributed by atoms with Gasteiger partial charge in [0.25, 0.3) is 5.91 Å².